The molecule has 1 atom stereocenters. The van der Waals surface area contributed by atoms with Crippen molar-refractivity contribution < 1.29 is 9.90 Å². The molecule has 0 unspecified atom stereocenters. The van der Waals surface area contributed by atoms with Crippen LogP contribution in [-0.4, -0.2) is 22.8 Å². The standard InChI is InChI=1S/C8H12N2O2/c1-5-2-6(10-4-5)3-7(9)8(11)12/h4,7H,2-3,9H2,1H3,(H,11,12)/t7-/m1/s1. The Kier molecular flexibility index (Phi) is 2.60. The van der Waals surface area contributed by atoms with E-state index < -0.39 is 12.0 Å². The summed E-state index contributed by atoms with van der Waals surface area (Å²) in [6.45, 7) is 1.96. The minimum Gasteiger partial charge on any atom is -0.480 e. The van der Waals surface area contributed by atoms with Crippen LogP contribution in [0.4, 0.5) is 0 Å². The Bertz CT molecular complexity index is 256. The number of nitrogens with zero attached hydrogens (tertiary/aromatic N) is 1. The molecule has 0 amide bonds. The van der Waals surface area contributed by atoms with Gasteiger partial charge in [-0.15, -0.1) is 0 Å². The molecule has 0 spiro atoms. The Hall–Kier alpha value is -1.16. The third-order valence-electron chi connectivity index (χ3n) is 1.72. The zero-order valence-corrected chi connectivity index (χ0v) is 6.95. The molecule has 0 bridgehead atoms. The highest BCUT2D eigenvalue weighted by Gasteiger charge is 2.16. The lowest BCUT2D eigenvalue weighted by Gasteiger charge is -2.05. The number of carboxylic acid groups (broad SMARTS) is 1. The van der Waals surface area contributed by atoms with Crippen LogP contribution in [0, 0.1) is 0 Å². The first-order valence-corrected chi connectivity index (χ1v) is 3.79. The lowest BCUT2D eigenvalue weighted by molar-refractivity contribution is -0.138. The zero-order valence-electron chi connectivity index (χ0n) is 6.95. The fraction of sp³-hybridized carbons (Fsp3) is 0.500. The number of rotatable bonds is 3. The van der Waals surface area contributed by atoms with Crippen LogP contribution in [0.3, 0.4) is 0 Å². The third kappa shape index (κ3) is 2.17. The van der Waals surface area contributed by atoms with Gasteiger partial charge in [0.2, 0.25) is 0 Å². The number of hydrogen-bond acceptors (Lipinski definition) is 3. The van der Waals surface area contributed by atoms with Gasteiger partial charge in [0, 0.05) is 24.8 Å². The quantitative estimate of drug-likeness (QED) is 0.645. The van der Waals surface area contributed by atoms with Gasteiger partial charge in [0.15, 0.2) is 0 Å². The van der Waals surface area contributed by atoms with Crippen molar-refractivity contribution in [1.29, 1.82) is 0 Å². The van der Waals surface area contributed by atoms with E-state index in [1.54, 1.807) is 6.20 Å². The average Bonchev–Trinajstić information content (AvgIpc) is 2.35. The van der Waals surface area contributed by atoms with Gasteiger partial charge in [-0.05, 0) is 12.5 Å². The fourth-order valence-corrected chi connectivity index (χ4v) is 1.08. The molecule has 1 aliphatic heterocycles. The Morgan fingerprint density at radius 1 is 1.92 bits per heavy atom. The van der Waals surface area contributed by atoms with Crippen molar-refractivity contribution >= 4 is 11.7 Å². The van der Waals surface area contributed by atoms with Crippen LogP contribution < -0.4 is 5.73 Å². The van der Waals surface area contributed by atoms with E-state index in [4.69, 9.17) is 10.8 Å². The molecule has 0 saturated heterocycles. The van der Waals surface area contributed by atoms with Gasteiger partial charge in [0.05, 0.1) is 0 Å². The first-order valence-electron chi connectivity index (χ1n) is 3.79. The second kappa shape index (κ2) is 3.49. The van der Waals surface area contributed by atoms with Crippen LogP contribution in [-0.2, 0) is 4.79 Å². The molecule has 1 heterocycles. The second-order valence-electron chi connectivity index (χ2n) is 3.00. The normalized spacial score (nSPS) is 18.5. The number of hydrogen-bond donors (Lipinski definition) is 2. The molecular formula is C8H12N2O2. The third-order valence-corrected chi connectivity index (χ3v) is 1.72. The topological polar surface area (TPSA) is 75.7 Å². The fourth-order valence-electron chi connectivity index (χ4n) is 1.08. The monoisotopic (exact) mass is 168 g/mol. The minimum absolute atomic E-state index is 0.350. The number of allylic oxidation sites excluding steroid dienone is 1. The number of aliphatic imine (C=N–C) groups is 1. The predicted octanol–water partition coefficient (Wildman–Crippen LogP) is 0.537. The van der Waals surface area contributed by atoms with E-state index in [2.05, 4.69) is 4.99 Å². The van der Waals surface area contributed by atoms with Crippen molar-refractivity contribution in [2.45, 2.75) is 25.8 Å². The van der Waals surface area contributed by atoms with Gasteiger partial charge in [0.1, 0.15) is 6.04 Å². The molecule has 66 valence electrons. The SMILES string of the molecule is CC1=CN=C(C[C@@H](N)C(=O)O)C1. The molecule has 4 nitrogen and oxygen atoms in total. The molecule has 0 radical (unpaired) electrons. The molecule has 1 aliphatic rings. The number of nitrogens with two attached hydrogens (primary N) is 1. The van der Waals surface area contributed by atoms with Crippen molar-refractivity contribution in [3.63, 3.8) is 0 Å². The maximum Gasteiger partial charge on any atom is 0.320 e. The van der Waals surface area contributed by atoms with E-state index in [1.165, 1.54) is 0 Å². The minimum atomic E-state index is -0.970. The van der Waals surface area contributed by atoms with E-state index in [0.29, 0.717) is 6.42 Å². The summed E-state index contributed by atoms with van der Waals surface area (Å²) in [6, 6.07) is -0.817. The maximum absolute atomic E-state index is 10.4. The van der Waals surface area contributed by atoms with E-state index in [9.17, 15) is 4.79 Å². The van der Waals surface area contributed by atoms with E-state index in [1.807, 2.05) is 6.92 Å². The molecule has 0 aliphatic carbocycles. The van der Waals surface area contributed by atoms with Crippen molar-refractivity contribution in [2.75, 3.05) is 0 Å². The number of carbonyl (C=O) groups is 1. The Morgan fingerprint density at radius 2 is 2.58 bits per heavy atom. The summed E-state index contributed by atoms with van der Waals surface area (Å²) in [5, 5.41) is 8.51. The number of carboxylic acids is 1. The predicted molar refractivity (Wildman–Crippen MR) is 46.0 cm³/mol. The second-order valence-corrected chi connectivity index (χ2v) is 3.00. The van der Waals surface area contributed by atoms with Gasteiger partial charge in [0.25, 0.3) is 0 Å². The van der Waals surface area contributed by atoms with Crippen LogP contribution >= 0.6 is 0 Å². The molecule has 0 aromatic carbocycles. The number of aliphatic carboxylic acids is 1. The van der Waals surface area contributed by atoms with Crippen molar-refractivity contribution in [3.8, 4) is 0 Å². The summed E-state index contributed by atoms with van der Waals surface area (Å²) in [5.74, 6) is -0.970. The maximum atomic E-state index is 10.4. The molecule has 0 aromatic heterocycles. The molecule has 3 N–H and O–H groups in total. The zero-order chi connectivity index (χ0) is 9.14. The van der Waals surface area contributed by atoms with E-state index in [0.717, 1.165) is 17.7 Å². The van der Waals surface area contributed by atoms with Crippen molar-refractivity contribution in [1.82, 2.24) is 0 Å². The highest BCUT2D eigenvalue weighted by molar-refractivity contribution is 5.92. The Labute approximate surface area is 70.8 Å². The van der Waals surface area contributed by atoms with Gasteiger partial charge in [-0.3, -0.25) is 9.79 Å². The highest BCUT2D eigenvalue weighted by Crippen LogP contribution is 2.13. The molecule has 4 heteroatoms. The molecule has 0 fully saturated rings. The van der Waals surface area contributed by atoms with Crippen LogP contribution in [0.2, 0.25) is 0 Å². The molecular weight excluding hydrogens is 156 g/mol. The first-order chi connectivity index (χ1) is 5.59. The summed E-state index contributed by atoms with van der Waals surface area (Å²) >= 11 is 0. The first kappa shape index (κ1) is 8.93. The van der Waals surface area contributed by atoms with Gasteiger partial charge in [-0.1, -0.05) is 0 Å². The molecule has 12 heavy (non-hydrogen) atoms. The van der Waals surface area contributed by atoms with Gasteiger partial charge >= 0.3 is 5.97 Å². The van der Waals surface area contributed by atoms with Crippen LogP contribution in [0.25, 0.3) is 0 Å². The summed E-state index contributed by atoms with van der Waals surface area (Å²) in [7, 11) is 0. The van der Waals surface area contributed by atoms with E-state index >= 15 is 0 Å². The summed E-state index contributed by atoms with van der Waals surface area (Å²) in [5.41, 5.74) is 7.36. The van der Waals surface area contributed by atoms with Crippen molar-refractivity contribution in [3.05, 3.63) is 11.8 Å². The van der Waals surface area contributed by atoms with Gasteiger partial charge < -0.3 is 10.8 Å². The smallest absolute Gasteiger partial charge is 0.320 e. The Morgan fingerprint density at radius 3 is 3.00 bits per heavy atom. The van der Waals surface area contributed by atoms with Crippen LogP contribution in [0.15, 0.2) is 16.8 Å². The molecule has 0 aromatic rings. The van der Waals surface area contributed by atoms with Gasteiger partial charge in [-0.2, -0.15) is 0 Å². The highest BCUT2D eigenvalue weighted by atomic mass is 16.4. The lowest BCUT2D eigenvalue weighted by atomic mass is 10.1. The average molecular weight is 168 g/mol. The van der Waals surface area contributed by atoms with Crippen LogP contribution in [0.1, 0.15) is 19.8 Å². The van der Waals surface area contributed by atoms with Crippen molar-refractivity contribution in [2.24, 2.45) is 10.7 Å². The lowest BCUT2D eigenvalue weighted by Crippen LogP contribution is -2.32. The summed E-state index contributed by atoms with van der Waals surface area (Å²) in [6.07, 6.45) is 2.87. The molecule has 0 saturated carbocycles. The largest absolute Gasteiger partial charge is 0.480 e. The summed E-state index contributed by atoms with van der Waals surface area (Å²) in [4.78, 5) is 14.4. The Balaban J connectivity index is 2.40. The van der Waals surface area contributed by atoms with Gasteiger partial charge in [-0.25, -0.2) is 0 Å². The van der Waals surface area contributed by atoms with Crippen LogP contribution in [0.5, 0.6) is 0 Å². The summed E-state index contributed by atoms with van der Waals surface area (Å²) < 4.78 is 0. The van der Waals surface area contributed by atoms with E-state index in [-0.39, 0.29) is 0 Å². The molecule has 1 rings (SSSR count).